The summed E-state index contributed by atoms with van der Waals surface area (Å²) < 4.78 is 5.14. The minimum Gasteiger partial charge on any atom is -0.478 e. The standard InChI is InChI=1S/C18H16N4O3/c1-21-17(20)15-13(19)8-14(22-16(15)12-6-7-25-9-12)10-2-4-11(5-3-10)18(23)24/h2-9H,1H3,(H2,19,22)(H2,20,21)(H,23,24). The van der Waals surface area contributed by atoms with E-state index in [0.29, 0.717) is 22.6 Å². The summed E-state index contributed by atoms with van der Waals surface area (Å²) in [5, 5.41) is 9.01. The number of pyridine rings is 1. The summed E-state index contributed by atoms with van der Waals surface area (Å²) in [6, 6.07) is 9.84. The molecule has 3 rings (SSSR count). The molecule has 3 aromatic rings. The van der Waals surface area contributed by atoms with Gasteiger partial charge in [-0.05, 0) is 24.3 Å². The summed E-state index contributed by atoms with van der Waals surface area (Å²) >= 11 is 0. The number of carbonyl (C=O) groups is 1. The Morgan fingerprint density at radius 2 is 1.92 bits per heavy atom. The fraction of sp³-hybridized carbons (Fsp3) is 0.0556. The van der Waals surface area contributed by atoms with Crippen molar-refractivity contribution in [3.8, 4) is 22.5 Å². The van der Waals surface area contributed by atoms with Gasteiger partial charge < -0.3 is 21.0 Å². The van der Waals surface area contributed by atoms with Crippen LogP contribution in [0.3, 0.4) is 0 Å². The molecule has 126 valence electrons. The molecule has 0 amide bonds. The minimum atomic E-state index is -0.986. The van der Waals surface area contributed by atoms with Gasteiger partial charge in [0.2, 0.25) is 0 Å². The highest BCUT2D eigenvalue weighted by Crippen LogP contribution is 2.31. The highest BCUT2D eigenvalue weighted by Gasteiger charge is 2.17. The predicted molar refractivity (Wildman–Crippen MR) is 95.4 cm³/mol. The molecule has 5 N–H and O–H groups in total. The molecule has 0 fully saturated rings. The molecule has 0 saturated carbocycles. The quantitative estimate of drug-likeness (QED) is 0.496. The van der Waals surface area contributed by atoms with E-state index in [-0.39, 0.29) is 11.4 Å². The lowest BCUT2D eigenvalue weighted by Gasteiger charge is -2.13. The number of benzene rings is 1. The lowest BCUT2D eigenvalue weighted by Crippen LogP contribution is -2.17. The van der Waals surface area contributed by atoms with Crippen molar-refractivity contribution >= 4 is 17.5 Å². The second-order valence-corrected chi connectivity index (χ2v) is 5.32. The number of aromatic carboxylic acids is 1. The van der Waals surface area contributed by atoms with Gasteiger partial charge in [0.1, 0.15) is 5.84 Å². The molecule has 1 aromatic carbocycles. The van der Waals surface area contributed by atoms with Gasteiger partial charge in [0.15, 0.2) is 0 Å². The highest BCUT2D eigenvalue weighted by atomic mass is 16.4. The van der Waals surface area contributed by atoms with Crippen LogP contribution in [0.15, 0.2) is 58.3 Å². The van der Waals surface area contributed by atoms with Gasteiger partial charge in [-0.25, -0.2) is 9.78 Å². The van der Waals surface area contributed by atoms with Crippen LogP contribution in [0.25, 0.3) is 22.5 Å². The maximum atomic E-state index is 11.0. The Labute approximate surface area is 143 Å². The Morgan fingerprint density at radius 1 is 1.20 bits per heavy atom. The van der Waals surface area contributed by atoms with E-state index in [9.17, 15) is 4.79 Å². The Bertz CT molecular complexity index is 945. The average molecular weight is 336 g/mol. The number of nitrogens with two attached hydrogens (primary N) is 2. The third kappa shape index (κ3) is 3.07. The fourth-order valence-corrected chi connectivity index (χ4v) is 2.49. The summed E-state index contributed by atoms with van der Waals surface area (Å²) in [5.41, 5.74) is 15.9. The topological polar surface area (TPSA) is 128 Å². The first-order valence-electron chi connectivity index (χ1n) is 7.40. The molecular formula is C18H16N4O3. The van der Waals surface area contributed by atoms with Gasteiger partial charge in [0, 0.05) is 23.9 Å². The third-order valence-electron chi connectivity index (χ3n) is 3.77. The average Bonchev–Trinajstić information content (AvgIpc) is 3.15. The maximum Gasteiger partial charge on any atom is 0.335 e. The lowest BCUT2D eigenvalue weighted by molar-refractivity contribution is 0.0697. The van der Waals surface area contributed by atoms with Crippen molar-refractivity contribution in [2.24, 2.45) is 10.7 Å². The zero-order valence-electron chi connectivity index (χ0n) is 13.4. The van der Waals surface area contributed by atoms with Crippen molar-refractivity contribution < 1.29 is 14.3 Å². The van der Waals surface area contributed by atoms with Crippen LogP contribution in [0.5, 0.6) is 0 Å². The van der Waals surface area contributed by atoms with E-state index in [2.05, 4.69) is 9.98 Å². The third-order valence-corrected chi connectivity index (χ3v) is 3.77. The van der Waals surface area contributed by atoms with E-state index in [1.165, 1.54) is 18.4 Å². The van der Waals surface area contributed by atoms with Crippen LogP contribution in [-0.2, 0) is 0 Å². The molecule has 2 heterocycles. The molecule has 0 spiro atoms. The van der Waals surface area contributed by atoms with Crippen LogP contribution in [0.2, 0.25) is 0 Å². The van der Waals surface area contributed by atoms with Crippen LogP contribution < -0.4 is 11.5 Å². The molecule has 25 heavy (non-hydrogen) atoms. The summed E-state index contributed by atoms with van der Waals surface area (Å²) in [7, 11) is 1.58. The van der Waals surface area contributed by atoms with Crippen LogP contribution in [0.1, 0.15) is 15.9 Å². The molecule has 0 unspecified atom stereocenters. The van der Waals surface area contributed by atoms with Crippen LogP contribution in [0, 0.1) is 0 Å². The van der Waals surface area contributed by atoms with Gasteiger partial charge in [-0.1, -0.05) is 12.1 Å². The number of amidine groups is 1. The normalized spacial score (nSPS) is 11.5. The molecule has 0 aliphatic rings. The van der Waals surface area contributed by atoms with Gasteiger partial charge in [-0.15, -0.1) is 0 Å². The zero-order valence-corrected chi connectivity index (χ0v) is 13.4. The molecule has 7 nitrogen and oxygen atoms in total. The van der Waals surface area contributed by atoms with E-state index in [0.717, 1.165) is 11.1 Å². The number of hydrogen-bond acceptors (Lipinski definition) is 5. The molecule has 0 saturated heterocycles. The molecule has 0 radical (unpaired) electrons. The van der Waals surface area contributed by atoms with Gasteiger partial charge in [-0.3, -0.25) is 4.99 Å². The molecular weight excluding hydrogens is 320 g/mol. The Kier molecular flexibility index (Phi) is 4.21. The van der Waals surface area contributed by atoms with E-state index in [4.69, 9.17) is 21.0 Å². The molecule has 2 aromatic heterocycles. The first-order valence-corrected chi connectivity index (χ1v) is 7.40. The van der Waals surface area contributed by atoms with E-state index >= 15 is 0 Å². The number of hydrogen-bond donors (Lipinski definition) is 3. The molecule has 0 aliphatic carbocycles. The molecule has 0 aliphatic heterocycles. The summed E-state index contributed by atoms with van der Waals surface area (Å²) in [5.74, 6) is -0.714. The number of nitrogens with zero attached hydrogens (tertiary/aromatic N) is 2. The van der Waals surface area contributed by atoms with E-state index < -0.39 is 5.97 Å². The predicted octanol–water partition coefficient (Wildman–Crippen LogP) is 2.62. The van der Waals surface area contributed by atoms with Crippen molar-refractivity contribution in [3.63, 3.8) is 0 Å². The number of aliphatic imine (C=N–C) groups is 1. The van der Waals surface area contributed by atoms with E-state index in [1.807, 2.05) is 0 Å². The van der Waals surface area contributed by atoms with Crippen molar-refractivity contribution in [2.45, 2.75) is 0 Å². The van der Waals surface area contributed by atoms with Gasteiger partial charge >= 0.3 is 5.97 Å². The molecule has 7 heteroatoms. The number of aromatic nitrogens is 1. The van der Waals surface area contributed by atoms with Gasteiger partial charge in [0.05, 0.1) is 35.0 Å². The molecule has 0 bridgehead atoms. The fourth-order valence-electron chi connectivity index (χ4n) is 2.49. The maximum absolute atomic E-state index is 11.0. The Hall–Kier alpha value is -3.61. The number of nitrogen functional groups attached to an aromatic ring is 1. The zero-order chi connectivity index (χ0) is 18.0. The van der Waals surface area contributed by atoms with Crippen molar-refractivity contribution in [1.82, 2.24) is 4.98 Å². The number of anilines is 1. The molecule has 0 atom stereocenters. The van der Waals surface area contributed by atoms with Crippen LogP contribution >= 0.6 is 0 Å². The second-order valence-electron chi connectivity index (χ2n) is 5.32. The Balaban J connectivity index is 2.18. The summed E-state index contributed by atoms with van der Waals surface area (Å²) in [6.07, 6.45) is 3.08. The number of furan rings is 1. The second kappa shape index (κ2) is 6.48. The number of carboxylic acids is 1. The van der Waals surface area contributed by atoms with Crippen LogP contribution in [0.4, 0.5) is 5.69 Å². The smallest absolute Gasteiger partial charge is 0.335 e. The minimum absolute atomic E-state index is 0.200. The highest BCUT2D eigenvalue weighted by molar-refractivity contribution is 6.07. The lowest BCUT2D eigenvalue weighted by atomic mass is 10.0. The van der Waals surface area contributed by atoms with Gasteiger partial charge in [0.25, 0.3) is 0 Å². The number of carboxylic acid groups (broad SMARTS) is 1. The monoisotopic (exact) mass is 336 g/mol. The number of rotatable bonds is 4. The van der Waals surface area contributed by atoms with Gasteiger partial charge in [-0.2, -0.15) is 0 Å². The van der Waals surface area contributed by atoms with Crippen LogP contribution in [-0.4, -0.2) is 28.9 Å². The first kappa shape index (κ1) is 16.3. The summed E-state index contributed by atoms with van der Waals surface area (Å²) in [4.78, 5) is 19.6. The van der Waals surface area contributed by atoms with Crippen molar-refractivity contribution in [3.05, 3.63) is 60.1 Å². The van der Waals surface area contributed by atoms with Crippen molar-refractivity contribution in [1.29, 1.82) is 0 Å². The summed E-state index contributed by atoms with van der Waals surface area (Å²) in [6.45, 7) is 0. The SMILES string of the molecule is CN=C(N)c1c(N)cc(-c2ccc(C(=O)O)cc2)nc1-c1ccoc1. The van der Waals surface area contributed by atoms with E-state index in [1.54, 1.807) is 37.6 Å². The Morgan fingerprint density at radius 3 is 2.48 bits per heavy atom. The largest absolute Gasteiger partial charge is 0.478 e. The first-order chi connectivity index (χ1) is 12.0. The van der Waals surface area contributed by atoms with Crippen molar-refractivity contribution in [2.75, 3.05) is 12.8 Å².